The van der Waals surface area contributed by atoms with Gasteiger partial charge in [0, 0.05) is 7.11 Å². The normalized spacial score (nSPS) is 12.0. The molecule has 0 radical (unpaired) electrons. The molecule has 0 aliphatic carbocycles. The van der Waals surface area contributed by atoms with Crippen LogP contribution < -0.4 is 16.0 Å². The first kappa shape index (κ1) is 13.5. The number of nitrogens with two attached hydrogens (primary N) is 1. The van der Waals surface area contributed by atoms with Crippen LogP contribution in [-0.2, 0) is 9.53 Å². The zero-order valence-electron chi connectivity index (χ0n) is 10.3. The number of hydrazine groups is 1. The van der Waals surface area contributed by atoms with Crippen LogP contribution in [-0.4, -0.2) is 25.7 Å². The molecule has 1 rings (SSSR count). The minimum Gasteiger partial charge on any atom is -0.478 e. The maximum Gasteiger partial charge on any atom is 0.277 e. The lowest BCUT2D eigenvalue weighted by molar-refractivity contribution is -0.130. The van der Waals surface area contributed by atoms with Crippen LogP contribution in [0.2, 0.25) is 0 Å². The summed E-state index contributed by atoms with van der Waals surface area (Å²) in [4.78, 5) is 11.4. The van der Waals surface area contributed by atoms with E-state index in [4.69, 9.17) is 15.3 Å². The van der Waals surface area contributed by atoms with Crippen molar-refractivity contribution in [2.75, 3.05) is 13.7 Å². The predicted octanol–water partition coefficient (Wildman–Crippen LogP) is 0.687. The molecular formula is C12H18N2O3. The summed E-state index contributed by atoms with van der Waals surface area (Å²) in [6.07, 6.45) is -0.744. The lowest BCUT2D eigenvalue weighted by Crippen LogP contribution is -2.44. The molecule has 5 heteroatoms. The van der Waals surface area contributed by atoms with Gasteiger partial charge >= 0.3 is 0 Å². The molecule has 0 saturated heterocycles. The molecule has 94 valence electrons. The van der Waals surface area contributed by atoms with Crippen molar-refractivity contribution < 1.29 is 14.3 Å². The second-order valence-corrected chi connectivity index (χ2v) is 3.84. The number of methoxy groups -OCH3 is 1. The lowest BCUT2D eigenvalue weighted by Gasteiger charge is -2.18. The molecule has 1 aromatic carbocycles. The quantitative estimate of drug-likeness (QED) is 0.449. The summed E-state index contributed by atoms with van der Waals surface area (Å²) in [6.45, 7) is 4.07. The van der Waals surface area contributed by atoms with Gasteiger partial charge in [-0.25, -0.2) is 5.84 Å². The lowest BCUT2D eigenvalue weighted by atomic mass is 10.1. The van der Waals surface area contributed by atoms with Crippen molar-refractivity contribution in [1.82, 2.24) is 5.43 Å². The summed E-state index contributed by atoms with van der Waals surface area (Å²) >= 11 is 0. The Hall–Kier alpha value is -1.59. The van der Waals surface area contributed by atoms with E-state index in [1.807, 2.05) is 32.0 Å². The molecular weight excluding hydrogens is 220 g/mol. The molecule has 1 amide bonds. The third kappa shape index (κ3) is 3.72. The molecule has 0 aliphatic rings. The van der Waals surface area contributed by atoms with Crippen molar-refractivity contribution in [1.29, 1.82) is 0 Å². The Morgan fingerprint density at radius 1 is 1.47 bits per heavy atom. The first-order valence-corrected chi connectivity index (χ1v) is 5.31. The Morgan fingerprint density at radius 3 is 2.71 bits per heavy atom. The van der Waals surface area contributed by atoms with Gasteiger partial charge < -0.3 is 9.47 Å². The first-order chi connectivity index (χ1) is 8.08. The number of aryl methyl sites for hydroxylation is 2. The molecule has 3 N–H and O–H groups in total. The predicted molar refractivity (Wildman–Crippen MR) is 64.5 cm³/mol. The molecule has 5 nitrogen and oxygen atoms in total. The average molecular weight is 238 g/mol. The first-order valence-electron chi connectivity index (χ1n) is 5.31. The average Bonchev–Trinajstić information content (AvgIpc) is 2.30. The van der Waals surface area contributed by atoms with Crippen LogP contribution in [0.1, 0.15) is 11.1 Å². The van der Waals surface area contributed by atoms with Crippen LogP contribution in [0.3, 0.4) is 0 Å². The summed E-state index contributed by atoms with van der Waals surface area (Å²) in [5.74, 6) is 5.33. The number of ether oxygens (including phenoxy) is 2. The molecule has 0 spiro atoms. The minimum absolute atomic E-state index is 0.149. The highest BCUT2D eigenvalue weighted by molar-refractivity contribution is 5.80. The second kappa shape index (κ2) is 6.22. The van der Waals surface area contributed by atoms with Gasteiger partial charge in [0.1, 0.15) is 5.75 Å². The minimum atomic E-state index is -0.744. The van der Waals surface area contributed by atoms with Crippen molar-refractivity contribution in [2.24, 2.45) is 5.84 Å². The Kier molecular flexibility index (Phi) is 4.93. The Balaban J connectivity index is 2.82. The molecule has 0 heterocycles. The van der Waals surface area contributed by atoms with Crippen LogP contribution in [0.5, 0.6) is 5.75 Å². The van der Waals surface area contributed by atoms with Crippen LogP contribution >= 0.6 is 0 Å². The van der Waals surface area contributed by atoms with Gasteiger partial charge in [0.05, 0.1) is 6.61 Å². The van der Waals surface area contributed by atoms with Crippen LogP contribution in [0, 0.1) is 13.8 Å². The van der Waals surface area contributed by atoms with Gasteiger partial charge in [-0.1, -0.05) is 17.7 Å². The Bertz CT molecular complexity index is 393. The smallest absolute Gasteiger partial charge is 0.277 e. The number of benzene rings is 1. The molecule has 0 saturated carbocycles. The number of rotatable bonds is 5. The number of carbonyl (C=O) groups excluding carboxylic acids is 1. The summed E-state index contributed by atoms with van der Waals surface area (Å²) in [6, 6.07) is 5.74. The topological polar surface area (TPSA) is 73.6 Å². The van der Waals surface area contributed by atoms with E-state index in [0.29, 0.717) is 5.75 Å². The molecule has 0 bridgehead atoms. The maximum atomic E-state index is 11.4. The summed E-state index contributed by atoms with van der Waals surface area (Å²) in [7, 11) is 1.50. The number of hydrogen-bond donors (Lipinski definition) is 2. The summed E-state index contributed by atoms with van der Waals surface area (Å²) in [5, 5.41) is 0. The third-order valence-electron chi connectivity index (χ3n) is 2.35. The van der Waals surface area contributed by atoms with Crippen molar-refractivity contribution >= 4 is 5.91 Å². The molecule has 0 aliphatic heterocycles. The number of amides is 1. The van der Waals surface area contributed by atoms with Crippen molar-refractivity contribution in [3.63, 3.8) is 0 Å². The Labute approximate surface area is 101 Å². The maximum absolute atomic E-state index is 11.4. The van der Waals surface area contributed by atoms with E-state index in [1.54, 1.807) is 0 Å². The van der Waals surface area contributed by atoms with Gasteiger partial charge in [-0.05, 0) is 25.5 Å². The zero-order chi connectivity index (χ0) is 12.8. The molecule has 0 aromatic heterocycles. The van der Waals surface area contributed by atoms with E-state index >= 15 is 0 Å². The zero-order valence-corrected chi connectivity index (χ0v) is 10.3. The fourth-order valence-corrected chi connectivity index (χ4v) is 1.49. The van der Waals surface area contributed by atoms with Crippen LogP contribution in [0.4, 0.5) is 0 Å². The van der Waals surface area contributed by atoms with E-state index in [2.05, 4.69) is 5.43 Å². The van der Waals surface area contributed by atoms with Crippen molar-refractivity contribution in [3.05, 3.63) is 29.3 Å². The highest BCUT2D eigenvalue weighted by Crippen LogP contribution is 2.20. The highest BCUT2D eigenvalue weighted by atomic mass is 16.5. The van der Waals surface area contributed by atoms with E-state index in [1.165, 1.54) is 7.11 Å². The fraction of sp³-hybridized carbons (Fsp3) is 0.417. The van der Waals surface area contributed by atoms with Gasteiger partial charge in [-0.2, -0.15) is 0 Å². The molecule has 1 atom stereocenters. The molecule has 1 unspecified atom stereocenters. The van der Waals surface area contributed by atoms with Gasteiger partial charge in [0.25, 0.3) is 5.91 Å². The van der Waals surface area contributed by atoms with Crippen LogP contribution in [0.25, 0.3) is 0 Å². The van der Waals surface area contributed by atoms with Gasteiger partial charge in [-0.15, -0.1) is 0 Å². The van der Waals surface area contributed by atoms with Crippen LogP contribution in [0.15, 0.2) is 18.2 Å². The monoisotopic (exact) mass is 238 g/mol. The summed E-state index contributed by atoms with van der Waals surface area (Å²) < 4.78 is 10.5. The summed E-state index contributed by atoms with van der Waals surface area (Å²) in [5.41, 5.74) is 4.17. The van der Waals surface area contributed by atoms with Gasteiger partial charge in [-0.3, -0.25) is 10.2 Å². The Morgan fingerprint density at radius 2 is 2.18 bits per heavy atom. The van der Waals surface area contributed by atoms with Crippen molar-refractivity contribution in [3.8, 4) is 5.75 Å². The second-order valence-electron chi connectivity index (χ2n) is 3.84. The largest absolute Gasteiger partial charge is 0.478 e. The number of nitrogens with one attached hydrogen (secondary N) is 1. The number of hydrogen-bond acceptors (Lipinski definition) is 4. The van der Waals surface area contributed by atoms with E-state index in [9.17, 15) is 4.79 Å². The van der Waals surface area contributed by atoms with E-state index in [0.717, 1.165) is 11.1 Å². The van der Waals surface area contributed by atoms with E-state index in [-0.39, 0.29) is 6.61 Å². The van der Waals surface area contributed by atoms with Crippen molar-refractivity contribution in [2.45, 2.75) is 20.0 Å². The fourth-order valence-electron chi connectivity index (χ4n) is 1.49. The number of carbonyl (C=O) groups is 1. The molecule has 1 aromatic rings. The third-order valence-corrected chi connectivity index (χ3v) is 2.35. The van der Waals surface area contributed by atoms with Gasteiger partial charge in [0.15, 0.2) is 0 Å². The molecule has 0 fully saturated rings. The van der Waals surface area contributed by atoms with E-state index < -0.39 is 12.0 Å². The molecule has 17 heavy (non-hydrogen) atoms. The highest BCUT2D eigenvalue weighted by Gasteiger charge is 2.19. The van der Waals surface area contributed by atoms with Gasteiger partial charge in [0.2, 0.25) is 6.10 Å². The SMILES string of the molecule is COCC(Oc1ccc(C)cc1C)C(=O)NN. The standard InChI is InChI=1S/C12H18N2O3/c1-8-4-5-10(9(2)6-8)17-11(7-16-3)12(15)14-13/h4-6,11H,7,13H2,1-3H3,(H,14,15).